The highest BCUT2D eigenvalue weighted by Crippen LogP contribution is 2.25. The number of nitrogens with one attached hydrogen (secondary N) is 2. The van der Waals surface area contributed by atoms with Crippen molar-refractivity contribution < 1.29 is 19.1 Å². The number of ketones is 1. The van der Waals surface area contributed by atoms with Gasteiger partial charge in [-0.1, -0.05) is 12.1 Å². The minimum Gasteiger partial charge on any atom is -0.497 e. The quantitative estimate of drug-likeness (QED) is 0.764. The zero-order chi connectivity index (χ0) is 17.5. The van der Waals surface area contributed by atoms with Gasteiger partial charge in [0.15, 0.2) is 5.78 Å². The number of amides is 1. The summed E-state index contributed by atoms with van der Waals surface area (Å²) in [7, 11) is 3.09. The minimum atomic E-state index is -0.224. The van der Waals surface area contributed by atoms with Gasteiger partial charge in [-0.05, 0) is 19.1 Å². The molecular weight excluding hydrogens is 308 g/mol. The predicted molar refractivity (Wildman–Crippen MR) is 93.1 cm³/mol. The van der Waals surface area contributed by atoms with Crippen LogP contribution in [0.1, 0.15) is 17.3 Å². The molecule has 2 aromatic rings. The fraction of sp³-hybridized carbons (Fsp3) is 0.222. The number of hydrogen-bond acceptors (Lipinski definition) is 5. The van der Waals surface area contributed by atoms with Crippen LogP contribution < -0.4 is 20.1 Å². The Kier molecular flexibility index (Phi) is 5.78. The Labute approximate surface area is 140 Å². The molecule has 6 heteroatoms. The van der Waals surface area contributed by atoms with Crippen LogP contribution in [-0.4, -0.2) is 32.5 Å². The van der Waals surface area contributed by atoms with Gasteiger partial charge in [0.2, 0.25) is 5.91 Å². The largest absolute Gasteiger partial charge is 0.497 e. The van der Waals surface area contributed by atoms with Crippen molar-refractivity contribution in [2.24, 2.45) is 0 Å². The van der Waals surface area contributed by atoms with Crippen LogP contribution in [0.5, 0.6) is 11.5 Å². The summed E-state index contributed by atoms with van der Waals surface area (Å²) in [5.41, 5.74) is 1.88. The molecule has 126 valence electrons. The lowest BCUT2D eigenvalue weighted by Crippen LogP contribution is -2.21. The van der Waals surface area contributed by atoms with E-state index in [9.17, 15) is 9.59 Å². The Bertz CT molecular complexity index is 721. The summed E-state index contributed by atoms with van der Waals surface area (Å²) in [6.07, 6.45) is 0. The van der Waals surface area contributed by atoms with Crippen LogP contribution >= 0.6 is 0 Å². The van der Waals surface area contributed by atoms with Crippen molar-refractivity contribution in [2.75, 3.05) is 31.4 Å². The molecule has 24 heavy (non-hydrogen) atoms. The lowest BCUT2D eigenvalue weighted by atomic mass is 10.1. The lowest BCUT2D eigenvalue weighted by molar-refractivity contribution is -0.114. The van der Waals surface area contributed by atoms with E-state index in [2.05, 4.69) is 10.6 Å². The van der Waals surface area contributed by atoms with Crippen LogP contribution in [0.4, 0.5) is 11.4 Å². The summed E-state index contributed by atoms with van der Waals surface area (Å²) in [6.45, 7) is 1.57. The Hall–Kier alpha value is -3.02. The summed E-state index contributed by atoms with van der Waals surface area (Å²) in [5.74, 6) is 0.934. The molecule has 0 aromatic heterocycles. The van der Waals surface area contributed by atoms with Gasteiger partial charge in [-0.2, -0.15) is 0 Å². The average Bonchev–Trinajstić information content (AvgIpc) is 2.59. The van der Waals surface area contributed by atoms with E-state index in [0.29, 0.717) is 28.4 Å². The van der Waals surface area contributed by atoms with Gasteiger partial charge in [-0.25, -0.2) is 0 Å². The number of carbonyl (C=O) groups is 2. The van der Waals surface area contributed by atoms with Crippen molar-refractivity contribution in [3.8, 4) is 11.5 Å². The second kappa shape index (κ2) is 8.01. The highest BCUT2D eigenvalue weighted by molar-refractivity contribution is 5.96. The molecule has 1 amide bonds. The number of benzene rings is 2. The van der Waals surface area contributed by atoms with E-state index < -0.39 is 0 Å². The van der Waals surface area contributed by atoms with Gasteiger partial charge in [-0.15, -0.1) is 0 Å². The molecular formula is C18H20N2O4. The molecule has 0 saturated heterocycles. The fourth-order valence-electron chi connectivity index (χ4n) is 2.12. The van der Waals surface area contributed by atoms with Gasteiger partial charge in [-0.3, -0.25) is 9.59 Å². The van der Waals surface area contributed by atoms with Crippen molar-refractivity contribution in [1.29, 1.82) is 0 Å². The summed E-state index contributed by atoms with van der Waals surface area (Å²) >= 11 is 0. The van der Waals surface area contributed by atoms with Gasteiger partial charge >= 0.3 is 0 Å². The van der Waals surface area contributed by atoms with Crippen LogP contribution in [0.15, 0.2) is 42.5 Å². The molecule has 0 aliphatic heterocycles. The lowest BCUT2D eigenvalue weighted by Gasteiger charge is -2.11. The topological polar surface area (TPSA) is 76.7 Å². The molecule has 0 bridgehead atoms. The number of rotatable bonds is 7. The Morgan fingerprint density at radius 3 is 2.21 bits per heavy atom. The molecule has 0 heterocycles. The van der Waals surface area contributed by atoms with Crippen LogP contribution in [0, 0.1) is 0 Å². The van der Waals surface area contributed by atoms with E-state index in [-0.39, 0.29) is 18.2 Å². The van der Waals surface area contributed by atoms with Crippen LogP contribution in [0.2, 0.25) is 0 Å². The molecule has 0 aliphatic rings. The normalized spacial score (nSPS) is 9.96. The van der Waals surface area contributed by atoms with E-state index >= 15 is 0 Å². The smallest absolute Gasteiger partial charge is 0.243 e. The summed E-state index contributed by atoms with van der Waals surface area (Å²) in [5, 5.41) is 5.76. The van der Waals surface area contributed by atoms with Crippen LogP contribution in [0.3, 0.4) is 0 Å². The maximum absolute atomic E-state index is 12.1. The van der Waals surface area contributed by atoms with E-state index in [1.54, 1.807) is 56.7 Å². The summed E-state index contributed by atoms with van der Waals surface area (Å²) < 4.78 is 10.3. The van der Waals surface area contributed by atoms with E-state index in [1.165, 1.54) is 6.92 Å². The Morgan fingerprint density at radius 1 is 0.958 bits per heavy atom. The van der Waals surface area contributed by atoms with Crippen molar-refractivity contribution in [3.05, 3.63) is 48.0 Å². The first kappa shape index (κ1) is 17.3. The van der Waals surface area contributed by atoms with E-state index in [1.807, 2.05) is 0 Å². The summed E-state index contributed by atoms with van der Waals surface area (Å²) in [4.78, 5) is 23.4. The first-order valence-electron chi connectivity index (χ1n) is 7.39. The Balaban J connectivity index is 1.98. The second-order valence-electron chi connectivity index (χ2n) is 5.14. The number of Topliss-reactive ketones (excluding diaryl/α,β-unsaturated/α-hetero) is 1. The molecule has 0 unspecified atom stereocenters. The highest BCUT2D eigenvalue weighted by Gasteiger charge is 2.07. The van der Waals surface area contributed by atoms with Crippen LogP contribution in [-0.2, 0) is 4.79 Å². The number of methoxy groups -OCH3 is 2. The molecule has 2 N–H and O–H groups in total. The average molecular weight is 328 g/mol. The SMILES string of the molecule is COc1cc(NC(=O)CNc2cccc(C(C)=O)c2)cc(OC)c1. The standard InChI is InChI=1S/C18H20N2O4/c1-12(21)13-5-4-6-14(7-13)19-11-18(22)20-15-8-16(23-2)10-17(9-15)24-3/h4-10,19H,11H2,1-3H3,(H,20,22). The van der Waals surface area contributed by atoms with Gasteiger partial charge in [0.1, 0.15) is 11.5 Å². The molecule has 0 spiro atoms. The monoisotopic (exact) mass is 328 g/mol. The highest BCUT2D eigenvalue weighted by atomic mass is 16.5. The first-order valence-corrected chi connectivity index (χ1v) is 7.39. The van der Waals surface area contributed by atoms with Crippen molar-refractivity contribution in [1.82, 2.24) is 0 Å². The summed E-state index contributed by atoms with van der Waals surface area (Å²) in [6, 6.07) is 12.1. The maximum Gasteiger partial charge on any atom is 0.243 e. The molecule has 0 atom stereocenters. The van der Waals surface area contributed by atoms with Crippen LogP contribution in [0.25, 0.3) is 0 Å². The molecule has 0 aliphatic carbocycles. The van der Waals surface area contributed by atoms with Crippen molar-refractivity contribution in [2.45, 2.75) is 6.92 Å². The number of hydrogen-bond donors (Lipinski definition) is 2. The van der Waals surface area contributed by atoms with E-state index in [0.717, 1.165) is 0 Å². The molecule has 6 nitrogen and oxygen atoms in total. The number of anilines is 2. The van der Waals surface area contributed by atoms with Gasteiger partial charge < -0.3 is 20.1 Å². The third-order valence-electron chi connectivity index (χ3n) is 3.36. The second-order valence-corrected chi connectivity index (χ2v) is 5.14. The number of carbonyl (C=O) groups excluding carboxylic acids is 2. The van der Waals surface area contributed by atoms with Gasteiger partial charge in [0, 0.05) is 35.1 Å². The van der Waals surface area contributed by atoms with E-state index in [4.69, 9.17) is 9.47 Å². The molecule has 0 saturated carbocycles. The number of ether oxygens (including phenoxy) is 2. The van der Waals surface area contributed by atoms with Crippen molar-refractivity contribution in [3.63, 3.8) is 0 Å². The molecule has 0 radical (unpaired) electrons. The Morgan fingerprint density at radius 2 is 1.62 bits per heavy atom. The van der Waals surface area contributed by atoms with Gasteiger partial charge in [0.25, 0.3) is 0 Å². The molecule has 2 aromatic carbocycles. The third-order valence-corrected chi connectivity index (χ3v) is 3.36. The first-order chi connectivity index (χ1) is 11.5. The molecule has 0 fully saturated rings. The third kappa shape index (κ3) is 4.74. The molecule has 2 rings (SSSR count). The predicted octanol–water partition coefficient (Wildman–Crippen LogP) is 2.96. The van der Waals surface area contributed by atoms with Crippen molar-refractivity contribution >= 4 is 23.1 Å². The minimum absolute atomic E-state index is 0.0217. The van der Waals surface area contributed by atoms with Gasteiger partial charge in [0.05, 0.1) is 20.8 Å². The maximum atomic E-state index is 12.1. The zero-order valence-electron chi connectivity index (χ0n) is 13.9. The fourth-order valence-corrected chi connectivity index (χ4v) is 2.12. The zero-order valence-corrected chi connectivity index (χ0v) is 13.9.